The Hall–Kier alpha value is -3.60. The van der Waals surface area contributed by atoms with Crippen LogP contribution in [0.5, 0.6) is 5.75 Å². The lowest BCUT2D eigenvalue weighted by molar-refractivity contribution is -0.137. The minimum absolute atomic E-state index is 0.306. The number of amides is 1. The summed E-state index contributed by atoms with van der Waals surface area (Å²) in [5, 5.41) is 2.48. The largest absolute Gasteiger partial charge is 0.494 e. The minimum Gasteiger partial charge on any atom is -0.494 e. The highest BCUT2D eigenvalue weighted by Gasteiger charge is 2.34. The number of halogens is 4. The Morgan fingerprint density at radius 1 is 1.00 bits per heavy atom. The van der Waals surface area contributed by atoms with Gasteiger partial charge < -0.3 is 10.1 Å². The first kappa shape index (κ1) is 25.0. The van der Waals surface area contributed by atoms with E-state index in [2.05, 4.69) is 5.32 Å². The summed E-state index contributed by atoms with van der Waals surface area (Å²) >= 11 is 0. The van der Waals surface area contributed by atoms with Crippen molar-refractivity contribution < 1.29 is 35.5 Å². The third-order valence-electron chi connectivity index (χ3n) is 4.60. The molecule has 0 atom stereocenters. The van der Waals surface area contributed by atoms with Crippen molar-refractivity contribution in [1.29, 1.82) is 0 Å². The molecule has 0 saturated heterocycles. The number of sulfonamides is 1. The molecule has 1 N–H and O–H groups in total. The fraction of sp³-hybridized carbons (Fsp3) is 0.174. The molecule has 0 radical (unpaired) electrons. The van der Waals surface area contributed by atoms with Gasteiger partial charge in [0.15, 0.2) is 0 Å². The second-order valence-corrected chi connectivity index (χ2v) is 8.83. The van der Waals surface area contributed by atoms with Crippen LogP contribution < -0.4 is 14.4 Å². The molecule has 34 heavy (non-hydrogen) atoms. The average Bonchev–Trinajstić information content (AvgIpc) is 2.78. The van der Waals surface area contributed by atoms with E-state index in [1.807, 2.05) is 0 Å². The quantitative estimate of drug-likeness (QED) is 0.442. The predicted molar refractivity (Wildman–Crippen MR) is 119 cm³/mol. The van der Waals surface area contributed by atoms with Crippen molar-refractivity contribution in [3.8, 4) is 5.75 Å². The number of rotatable bonds is 8. The molecular weight excluding hydrogens is 476 g/mol. The van der Waals surface area contributed by atoms with Crippen molar-refractivity contribution >= 4 is 27.3 Å². The first-order chi connectivity index (χ1) is 16.0. The molecule has 0 aliphatic heterocycles. The zero-order valence-electron chi connectivity index (χ0n) is 17.8. The predicted octanol–water partition coefficient (Wildman–Crippen LogP) is 5.08. The molecule has 0 bridgehead atoms. The Labute approximate surface area is 193 Å². The maximum absolute atomic E-state index is 14.3. The van der Waals surface area contributed by atoms with E-state index < -0.39 is 50.6 Å². The summed E-state index contributed by atoms with van der Waals surface area (Å²) in [4.78, 5) is 11.9. The van der Waals surface area contributed by atoms with Gasteiger partial charge in [-0.25, -0.2) is 12.8 Å². The number of hydrogen-bond donors (Lipinski definition) is 1. The third kappa shape index (κ3) is 5.84. The topological polar surface area (TPSA) is 75.7 Å². The molecule has 0 aromatic heterocycles. The highest BCUT2D eigenvalue weighted by atomic mass is 32.2. The summed E-state index contributed by atoms with van der Waals surface area (Å²) in [7, 11) is -4.74. The Balaban J connectivity index is 1.97. The van der Waals surface area contributed by atoms with Crippen molar-refractivity contribution in [3.05, 3.63) is 84.2 Å². The van der Waals surface area contributed by atoms with Crippen LogP contribution in [0.2, 0.25) is 0 Å². The van der Waals surface area contributed by atoms with Crippen LogP contribution in [-0.2, 0) is 21.0 Å². The van der Waals surface area contributed by atoms with Gasteiger partial charge in [0.25, 0.3) is 10.0 Å². The maximum atomic E-state index is 14.3. The average molecular weight is 496 g/mol. The lowest BCUT2D eigenvalue weighted by Gasteiger charge is -2.25. The number of carbonyl (C=O) groups excluding carboxylic acids is 1. The van der Waals surface area contributed by atoms with Crippen molar-refractivity contribution in [2.75, 3.05) is 22.8 Å². The molecule has 0 aliphatic carbocycles. The Morgan fingerprint density at radius 2 is 1.68 bits per heavy atom. The SMILES string of the molecule is CCOc1ccc(NC(=O)CN(c2cccc(C(F)(F)F)c2)S(=O)(=O)c2ccccc2F)cc1. The summed E-state index contributed by atoms with van der Waals surface area (Å²) in [6.07, 6.45) is -4.76. The zero-order chi connectivity index (χ0) is 24.9. The fourth-order valence-corrected chi connectivity index (χ4v) is 4.54. The van der Waals surface area contributed by atoms with Gasteiger partial charge in [0, 0.05) is 5.69 Å². The van der Waals surface area contributed by atoms with Crippen molar-refractivity contribution in [2.45, 2.75) is 18.0 Å². The fourth-order valence-electron chi connectivity index (χ4n) is 3.06. The number of nitrogens with zero attached hydrogens (tertiary/aromatic N) is 1. The van der Waals surface area contributed by atoms with Gasteiger partial charge in [0.1, 0.15) is 23.0 Å². The van der Waals surface area contributed by atoms with Crippen molar-refractivity contribution in [1.82, 2.24) is 0 Å². The molecule has 0 saturated carbocycles. The molecular formula is C23H20F4N2O4S. The van der Waals surface area contributed by atoms with E-state index in [1.165, 1.54) is 24.3 Å². The number of ether oxygens (including phenoxy) is 1. The number of carbonyl (C=O) groups is 1. The highest BCUT2D eigenvalue weighted by Crippen LogP contribution is 2.33. The molecule has 0 aliphatic rings. The molecule has 3 aromatic rings. The van der Waals surface area contributed by atoms with Crippen LogP contribution in [0.25, 0.3) is 0 Å². The summed E-state index contributed by atoms with van der Waals surface area (Å²) < 4.78 is 86.2. The maximum Gasteiger partial charge on any atom is 0.416 e. The van der Waals surface area contributed by atoms with Crippen LogP contribution in [0.4, 0.5) is 28.9 Å². The van der Waals surface area contributed by atoms with Gasteiger partial charge in [-0.1, -0.05) is 18.2 Å². The first-order valence-electron chi connectivity index (χ1n) is 9.99. The normalized spacial score (nSPS) is 11.7. The molecule has 1 amide bonds. The summed E-state index contributed by atoms with van der Waals surface area (Å²) in [6.45, 7) is 1.34. The number of anilines is 2. The standard InChI is InChI=1S/C23H20F4N2O4S/c1-2-33-19-12-10-17(11-13-19)28-22(30)15-29(18-7-5-6-16(14-18)23(25,26)27)34(31,32)21-9-4-3-8-20(21)24/h3-14H,2,15H2,1H3,(H,28,30). The number of hydrogen-bond acceptors (Lipinski definition) is 4. The van der Waals surface area contributed by atoms with Crippen LogP contribution in [-0.4, -0.2) is 27.5 Å². The molecule has 3 aromatic carbocycles. The third-order valence-corrected chi connectivity index (χ3v) is 6.41. The van der Waals surface area contributed by atoms with E-state index in [1.54, 1.807) is 19.1 Å². The van der Waals surface area contributed by atoms with E-state index in [4.69, 9.17) is 4.74 Å². The van der Waals surface area contributed by atoms with Gasteiger partial charge >= 0.3 is 6.18 Å². The summed E-state index contributed by atoms with van der Waals surface area (Å²) in [5.41, 5.74) is -1.26. The Kier molecular flexibility index (Phi) is 7.45. The van der Waals surface area contributed by atoms with Gasteiger partial charge in [-0.05, 0) is 61.5 Å². The molecule has 11 heteroatoms. The van der Waals surface area contributed by atoms with Crippen molar-refractivity contribution in [2.24, 2.45) is 0 Å². The van der Waals surface area contributed by atoms with E-state index in [9.17, 15) is 30.8 Å². The Morgan fingerprint density at radius 3 is 2.29 bits per heavy atom. The lowest BCUT2D eigenvalue weighted by Crippen LogP contribution is -2.38. The molecule has 0 unspecified atom stereocenters. The van der Waals surface area contributed by atoms with E-state index in [0.29, 0.717) is 28.4 Å². The van der Waals surface area contributed by atoms with Crippen LogP contribution in [0, 0.1) is 5.82 Å². The molecule has 180 valence electrons. The Bertz CT molecular complexity index is 1260. The van der Waals surface area contributed by atoms with Crippen molar-refractivity contribution in [3.63, 3.8) is 0 Å². The second-order valence-electron chi connectivity index (χ2n) is 7.00. The first-order valence-corrected chi connectivity index (χ1v) is 11.4. The van der Waals surface area contributed by atoms with E-state index in [-0.39, 0.29) is 0 Å². The summed E-state index contributed by atoms with van der Waals surface area (Å²) in [5.74, 6) is -1.40. The van der Waals surface area contributed by atoms with Gasteiger partial charge in [0.2, 0.25) is 5.91 Å². The monoisotopic (exact) mass is 496 g/mol. The molecule has 0 spiro atoms. The van der Waals surface area contributed by atoms with Crippen LogP contribution in [0.3, 0.4) is 0 Å². The molecule has 0 fully saturated rings. The van der Waals surface area contributed by atoms with Gasteiger partial charge in [-0.15, -0.1) is 0 Å². The zero-order valence-corrected chi connectivity index (χ0v) is 18.7. The van der Waals surface area contributed by atoms with E-state index in [0.717, 1.165) is 30.3 Å². The van der Waals surface area contributed by atoms with Gasteiger partial charge in [-0.2, -0.15) is 13.2 Å². The number of nitrogens with one attached hydrogen (secondary N) is 1. The molecule has 3 rings (SSSR count). The minimum atomic E-state index is -4.76. The van der Waals surface area contributed by atoms with Gasteiger partial charge in [-0.3, -0.25) is 9.10 Å². The van der Waals surface area contributed by atoms with E-state index >= 15 is 0 Å². The smallest absolute Gasteiger partial charge is 0.416 e. The lowest BCUT2D eigenvalue weighted by atomic mass is 10.2. The molecule has 6 nitrogen and oxygen atoms in total. The number of alkyl halides is 3. The van der Waals surface area contributed by atoms with Crippen LogP contribution >= 0.6 is 0 Å². The second kappa shape index (κ2) is 10.1. The van der Waals surface area contributed by atoms with Crippen LogP contribution in [0.15, 0.2) is 77.7 Å². The molecule has 0 heterocycles. The highest BCUT2D eigenvalue weighted by molar-refractivity contribution is 7.92. The number of benzene rings is 3. The van der Waals surface area contributed by atoms with Gasteiger partial charge in [0.05, 0.1) is 17.9 Å². The van der Waals surface area contributed by atoms with Crippen LogP contribution in [0.1, 0.15) is 12.5 Å². The summed E-state index contributed by atoms with van der Waals surface area (Å²) in [6, 6.07) is 14.0.